The molecule has 0 saturated heterocycles. The largest absolute Gasteiger partial charge is 0.494 e. The molecule has 2 aromatic carbocycles. The van der Waals surface area contributed by atoms with Crippen LogP contribution >= 0.6 is 15.9 Å². The van der Waals surface area contributed by atoms with E-state index in [-0.39, 0.29) is 11.6 Å². The Kier molecular flexibility index (Phi) is 5.19. The molecule has 0 aliphatic rings. The maximum Gasteiger partial charge on any atom is 0.258 e. The summed E-state index contributed by atoms with van der Waals surface area (Å²) in [5.41, 5.74) is 1.60. The summed E-state index contributed by atoms with van der Waals surface area (Å²) in [7, 11) is 1.56. The lowest BCUT2D eigenvalue weighted by molar-refractivity contribution is 0.0992. The predicted octanol–water partition coefficient (Wildman–Crippen LogP) is 4.57. The highest BCUT2D eigenvalue weighted by Gasteiger charge is 2.17. The van der Waals surface area contributed by atoms with Crippen LogP contribution in [0.4, 0.5) is 10.1 Å². The van der Waals surface area contributed by atoms with Gasteiger partial charge in [-0.2, -0.15) is 0 Å². The number of rotatable bonds is 4. The van der Waals surface area contributed by atoms with Gasteiger partial charge in [-0.25, -0.2) is 4.39 Å². The lowest BCUT2D eigenvalue weighted by Gasteiger charge is -2.19. The third kappa shape index (κ3) is 3.47. The molecule has 0 fully saturated rings. The first-order valence-electron chi connectivity index (χ1n) is 6.90. The van der Waals surface area contributed by atoms with E-state index in [4.69, 9.17) is 4.74 Å². The molecule has 0 spiro atoms. The van der Waals surface area contributed by atoms with Crippen LogP contribution in [0.3, 0.4) is 0 Å². The molecule has 22 heavy (non-hydrogen) atoms. The summed E-state index contributed by atoms with van der Waals surface area (Å²) >= 11 is 3.20. The second-order valence-corrected chi connectivity index (χ2v) is 5.79. The molecule has 0 unspecified atom stereocenters. The number of carbonyl (C=O) groups excluding carboxylic acids is 1. The van der Waals surface area contributed by atoms with Gasteiger partial charge in [0.05, 0.1) is 12.3 Å². The minimum Gasteiger partial charge on any atom is -0.494 e. The Morgan fingerprint density at radius 2 is 2.00 bits per heavy atom. The van der Waals surface area contributed by atoms with Crippen molar-refractivity contribution >= 4 is 27.5 Å². The van der Waals surface area contributed by atoms with E-state index in [9.17, 15) is 9.18 Å². The van der Waals surface area contributed by atoms with Gasteiger partial charge in [0.2, 0.25) is 0 Å². The first kappa shape index (κ1) is 16.5. The van der Waals surface area contributed by atoms with Gasteiger partial charge >= 0.3 is 0 Å². The molecule has 5 heteroatoms. The number of aryl methyl sites for hydroxylation is 1. The summed E-state index contributed by atoms with van der Waals surface area (Å²) < 4.78 is 20.1. The Balaban J connectivity index is 2.29. The third-order valence-electron chi connectivity index (χ3n) is 3.30. The fourth-order valence-electron chi connectivity index (χ4n) is 2.16. The van der Waals surface area contributed by atoms with E-state index < -0.39 is 5.82 Å². The van der Waals surface area contributed by atoms with Crippen molar-refractivity contribution in [1.82, 2.24) is 0 Å². The highest BCUT2D eigenvalue weighted by atomic mass is 79.9. The quantitative estimate of drug-likeness (QED) is 0.793. The van der Waals surface area contributed by atoms with Gasteiger partial charge in [0.15, 0.2) is 0 Å². The number of nitrogens with zero attached hydrogens (tertiary/aromatic N) is 1. The molecule has 3 nitrogen and oxygen atoms in total. The van der Waals surface area contributed by atoms with Gasteiger partial charge in [-0.05, 0) is 55.8 Å². The number of anilines is 1. The number of halogens is 2. The van der Waals surface area contributed by atoms with E-state index in [1.165, 1.54) is 11.0 Å². The van der Waals surface area contributed by atoms with Crippen molar-refractivity contribution in [3.05, 3.63) is 57.8 Å². The van der Waals surface area contributed by atoms with Crippen molar-refractivity contribution in [2.45, 2.75) is 13.8 Å². The van der Waals surface area contributed by atoms with Crippen LogP contribution in [-0.4, -0.2) is 19.6 Å². The molecule has 0 aliphatic heterocycles. The van der Waals surface area contributed by atoms with Crippen LogP contribution in [0.5, 0.6) is 5.75 Å². The Bertz CT molecular complexity index is 703. The summed E-state index contributed by atoms with van der Waals surface area (Å²) in [6.07, 6.45) is 0. The standard InChI is InChI=1S/C17H17BrFNO2/c1-4-22-16-8-5-12(9-11(16)2)17(21)20(3)15-7-6-13(18)10-14(15)19/h5-10H,4H2,1-3H3. The van der Waals surface area contributed by atoms with Gasteiger partial charge in [-0.3, -0.25) is 4.79 Å². The Labute approximate surface area is 137 Å². The average Bonchev–Trinajstić information content (AvgIpc) is 2.48. The average molecular weight is 366 g/mol. The third-order valence-corrected chi connectivity index (χ3v) is 3.79. The SMILES string of the molecule is CCOc1ccc(C(=O)N(C)c2ccc(Br)cc2F)cc1C. The summed E-state index contributed by atoms with van der Waals surface area (Å²) in [5, 5.41) is 0. The molecule has 2 rings (SSSR count). The van der Waals surface area contributed by atoms with Crippen LogP contribution in [0.25, 0.3) is 0 Å². The fourth-order valence-corrected chi connectivity index (χ4v) is 2.49. The van der Waals surface area contributed by atoms with Crippen LogP contribution in [0, 0.1) is 12.7 Å². The van der Waals surface area contributed by atoms with E-state index in [2.05, 4.69) is 15.9 Å². The van der Waals surface area contributed by atoms with Crippen LogP contribution < -0.4 is 9.64 Å². The number of hydrogen-bond donors (Lipinski definition) is 0. The van der Waals surface area contributed by atoms with Crippen molar-refractivity contribution in [2.24, 2.45) is 0 Å². The molecular formula is C17H17BrFNO2. The molecule has 0 radical (unpaired) electrons. The molecule has 0 aliphatic carbocycles. The number of hydrogen-bond acceptors (Lipinski definition) is 2. The molecule has 0 saturated carbocycles. The normalized spacial score (nSPS) is 10.4. The zero-order valence-electron chi connectivity index (χ0n) is 12.7. The van der Waals surface area contributed by atoms with Crippen LogP contribution in [0.1, 0.15) is 22.8 Å². The molecular weight excluding hydrogens is 349 g/mol. The smallest absolute Gasteiger partial charge is 0.258 e. The summed E-state index contributed by atoms with van der Waals surface area (Å²) in [4.78, 5) is 13.8. The highest BCUT2D eigenvalue weighted by molar-refractivity contribution is 9.10. The van der Waals surface area contributed by atoms with Gasteiger partial charge in [-0.15, -0.1) is 0 Å². The molecule has 0 aromatic heterocycles. The van der Waals surface area contributed by atoms with Gasteiger partial charge in [0.25, 0.3) is 5.91 Å². The lowest BCUT2D eigenvalue weighted by atomic mass is 10.1. The van der Waals surface area contributed by atoms with Crippen molar-refractivity contribution in [3.8, 4) is 5.75 Å². The van der Waals surface area contributed by atoms with Crippen LogP contribution in [-0.2, 0) is 0 Å². The van der Waals surface area contributed by atoms with Crippen LogP contribution in [0.2, 0.25) is 0 Å². The van der Waals surface area contributed by atoms with Gasteiger partial charge in [-0.1, -0.05) is 15.9 Å². The maximum atomic E-state index is 14.0. The Morgan fingerprint density at radius 3 is 2.59 bits per heavy atom. The van der Waals surface area contributed by atoms with Crippen LogP contribution in [0.15, 0.2) is 40.9 Å². The van der Waals surface area contributed by atoms with Gasteiger partial charge < -0.3 is 9.64 Å². The lowest BCUT2D eigenvalue weighted by Crippen LogP contribution is -2.27. The zero-order valence-corrected chi connectivity index (χ0v) is 14.3. The molecule has 0 bridgehead atoms. The zero-order chi connectivity index (χ0) is 16.3. The number of carbonyl (C=O) groups is 1. The molecule has 1 amide bonds. The maximum absolute atomic E-state index is 14.0. The fraction of sp³-hybridized carbons (Fsp3) is 0.235. The Morgan fingerprint density at radius 1 is 1.27 bits per heavy atom. The second kappa shape index (κ2) is 6.92. The van der Waals surface area contributed by atoms with E-state index in [0.717, 1.165) is 11.3 Å². The van der Waals surface area contributed by atoms with Crippen molar-refractivity contribution in [3.63, 3.8) is 0 Å². The topological polar surface area (TPSA) is 29.5 Å². The van der Waals surface area contributed by atoms with E-state index in [1.807, 2.05) is 13.8 Å². The van der Waals surface area contributed by atoms with E-state index in [1.54, 1.807) is 37.4 Å². The summed E-state index contributed by atoms with van der Waals surface area (Å²) in [6.45, 7) is 4.35. The van der Waals surface area contributed by atoms with Gasteiger partial charge in [0.1, 0.15) is 11.6 Å². The highest BCUT2D eigenvalue weighted by Crippen LogP contribution is 2.25. The molecule has 2 aromatic rings. The summed E-state index contributed by atoms with van der Waals surface area (Å²) in [6, 6.07) is 9.80. The second-order valence-electron chi connectivity index (χ2n) is 4.87. The first-order chi connectivity index (χ1) is 10.4. The van der Waals surface area contributed by atoms with Crippen molar-refractivity contribution in [1.29, 1.82) is 0 Å². The molecule has 116 valence electrons. The van der Waals surface area contributed by atoms with E-state index in [0.29, 0.717) is 16.6 Å². The predicted molar refractivity (Wildman–Crippen MR) is 89.2 cm³/mol. The van der Waals surface area contributed by atoms with E-state index >= 15 is 0 Å². The minimum absolute atomic E-state index is 0.236. The first-order valence-corrected chi connectivity index (χ1v) is 7.70. The Hall–Kier alpha value is -1.88. The minimum atomic E-state index is -0.451. The molecule has 0 heterocycles. The number of benzene rings is 2. The number of ether oxygens (including phenoxy) is 1. The molecule has 0 atom stereocenters. The van der Waals surface area contributed by atoms with Gasteiger partial charge in [0, 0.05) is 17.1 Å². The van der Waals surface area contributed by atoms with Crippen molar-refractivity contribution < 1.29 is 13.9 Å². The monoisotopic (exact) mass is 365 g/mol. The molecule has 0 N–H and O–H groups in total. The summed E-state index contributed by atoms with van der Waals surface area (Å²) in [5.74, 6) is 0.0248. The van der Waals surface area contributed by atoms with Crippen molar-refractivity contribution in [2.75, 3.05) is 18.6 Å². The number of amides is 1.